The topological polar surface area (TPSA) is 62.4 Å². The van der Waals surface area contributed by atoms with Crippen LogP contribution < -0.4 is 9.47 Å². The van der Waals surface area contributed by atoms with Gasteiger partial charge in [-0.25, -0.2) is 0 Å². The molecule has 2 heterocycles. The summed E-state index contributed by atoms with van der Waals surface area (Å²) in [6, 6.07) is 11.2. The molecule has 7 rings (SSSR count). The zero-order valence-corrected chi connectivity index (χ0v) is 19.8. The zero-order chi connectivity index (χ0) is 23.3. The van der Waals surface area contributed by atoms with E-state index < -0.39 is 6.36 Å². The summed E-state index contributed by atoms with van der Waals surface area (Å²) in [7, 11) is 0. The number of rotatable bonds is 6. The van der Waals surface area contributed by atoms with Crippen molar-refractivity contribution in [3.8, 4) is 28.6 Å². The second-order valence-electron chi connectivity index (χ2n) is 10.1. The van der Waals surface area contributed by atoms with Crippen LogP contribution in [0.5, 0.6) is 17.2 Å². The molecule has 0 radical (unpaired) electrons. The van der Waals surface area contributed by atoms with Crippen molar-refractivity contribution in [2.45, 2.75) is 50.4 Å². The van der Waals surface area contributed by atoms with Gasteiger partial charge in [-0.1, -0.05) is 0 Å². The Labute approximate surface area is 207 Å². The second-order valence-corrected chi connectivity index (χ2v) is 10.1. The number of alkyl halides is 3. The van der Waals surface area contributed by atoms with E-state index in [1.54, 1.807) is 0 Å². The molecule has 0 spiro atoms. The second kappa shape index (κ2) is 8.97. The van der Waals surface area contributed by atoms with E-state index in [4.69, 9.17) is 9.73 Å². The van der Waals surface area contributed by atoms with Crippen molar-refractivity contribution in [1.29, 1.82) is 0 Å². The molecule has 0 amide bonds. The third-order valence-electron chi connectivity index (χ3n) is 7.46. The molecule has 1 aromatic carbocycles. The average molecular weight is 506 g/mol. The van der Waals surface area contributed by atoms with E-state index in [-0.39, 0.29) is 23.7 Å². The molecular formula is C26H27ClF3N3O2. The first-order valence-corrected chi connectivity index (χ1v) is 11.8. The number of benzene rings is 1. The van der Waals surface area contributed by atoms with Gasteiger partial charge in [-0.2, -0.15) is 0 Å². The first-order valence-electron chi connectivity index (χ1n) is 11.8. The highest BCUT2D eigenvalue weighted by atomic mass is 35.5. The summed E-state index contributed by atoms with van der Waals surface area (Å²) in [6.45, 7) is 0. The SMILES string of the molecule is Cl.FC(F)(F)Oc1ccc(Oc2cc(-c3ccc[nH]3)[nH]c2C=NC23CC4CC(CC(C4)C2)C3)cc1. The van der Waals surface area contributed by atoms with Gasteiger partial charge in [-0.3, -0.25) is 4.99 Å². The molecule has 2 aromatic heterocycles. The van der Waals surface area contributed by atoms with Gasteiger partial charge < -0.3 is 19.4 Å². The maximum absolute atomic E-state index is 12.5. The van der Waals surface area contributed by atoms with Crippen molar-refractivity contribution in [2.75, 3.05) is 0 Å². The molecule has 4 saturated carbocycles. The Kier molecular flexibility index (Phi) is 6.11. The molecule has 0 aliphatic heterocycles. The Bertz CT molecular complexity index is 1150. The van der Waals surface area contributed by atoms with Crippen molar-refractivity contribution in [3.05, 3.63) is 54.4 Å². The highest BCUT2D eigenvalue weighted by Gasteiger charge is 2.50. The van der Waals surface area contributed by atoms with Gasteiger partial charge >= 0.3 is 6.36 Å². The minimum absolute atomic E-state index is 0. The largest absolute Gasteiger partial charge is 0.573 e. The number of aliphatic imine (C=N–C) groups is 1. The maximum atomic E-state index is 12.5. The van der Waals surface area contributed by atoms with Crippen molar-refractivity contribution in [1.82, 2.24) is 9.97 Å². The van der Waals surface area contributed by atoms with Crippen LogP contribution in [0.2, 0.25) is 0 Å². The monoisotopic (exact) mass is 505 g/mol. The molecular weight excluding hydrogens is 479 g/mol. The predicted octanol–water partition coefficient (Wildman–Crippen LogP) is 7.51. The average Bonchev–Trinajstić information content (AvgIpc) is 3.42. The third kappa shape index (κ3) is 5.08. The summed E-state index contributed by atoms with van der Waals surface area (Å²) in [4.78, 5) is 11.7. The van der Waals surface area contributed by atoms with Gasteiger partial charge in [0.05, 0.1) is 16.9 Å². The lowest BCUT2D eigenvalue weighted by atomic mass is 9.53. The number of H-pyrrole nitrogens is 2. The molecule has 2 N–H and O–H groups in total. The van der Waals surface area contributed by atoms with Crippen LogP contribution >= 0.6 is 12.4 Å². The maximum Gasteiger partial charge on any atom is 0.573 e. The normalized spacial score (nSPS) is 27.2. The van der Waals surface area contributed by atoms with Gasteiger partial charge in [0.15, 0.2) is 5.75 Å². The van der Waals surface area contributed by atoms with E-state index >= 15 is 0 Å². The van der Waals surface area contributed by atoms with Crippen LogP contribution in [-0.4, -0.2) is 28.1 Å². The lowest BCUT2D eigenvalue weighted by molar-refractivity contribution is -0.274. The highest BCUT2D eigenvalue weighted by Crippen LogP contribution is 2.57. The minimum Gasteiger partial charge on any atom is -0.455 e. The fraction of sp³-hybridized carbons (Fsp3) is 0.423. The summed E-state index contributed by atoms with van der Waals surface area (Å²) in [6.07, 6.45) is 6.58. The summed E-state index contributed by atoms with van der Waals surface area (Å²) < 4.78 is 47.4. The summed E-state index contributed by atoms with van der Waals surface area (Å²) in [5, 5.41) is 0. The van der Waals surface area contributed by atoms with Crippen molar-refractivity contribution >= 4 is 18.6 Å². The Morgan fingerprint density at radius 2 is 1.54 bits per heavy atom. The van der Waals surface area contributed by atoms with Crippen LogP contribution in [0.25, 0.3) is 11.4 Å². The summed E-state index contributed by atoms with van der Waals surface area (Å²) >= 11 is 0. The molecule has 35 heavy (non-hydrogen) atoms. The molecule has 4 bridgehead atoms. The van der Waals surface area contributed by atoms with E-state index in [9.17, 15) is 13.2 Å². The minimum atomic E-state index is -4.73. The summed E-state index contributed by atoms with van der Waals surface area (Å²) in [5.74, 6) is 3.10. The van der Waals surface area contributed by atoms with Crippen LogP contribution in [0.4, 0.5) is 13.2 Å². The number of aromatic nitrogens is 2. The van der Waals surface area contributed by atoms with Gasteiger partial charge in [0.2, 0.25) is 0 Å². The van der Waals surface area contributed by atoms with E-state index in [0.717, 1.165) is 54.1 Å². The first-order chi connectivity index (χ1) is 16.3. The molecule has 0 atom stereocenters. The fourth-order valence-corrected chi connectivity index (χ4v) is 6.54. The fourth-order valence-electron chi connectivity index (χ4n) is 6.54. The van der Waals surface area contributed by atoms with Gasteiger partial charge in [-0.15, -0.1) is 25.6 Å². The molecule has 5 nitrogen and oxygen atoms in total. The van der Waals surface area contributed by atoms with E-state index in [2.05, 4.69) is 14.7 Å². The highest BCUT2D eigenvalue weighted by molar-refractivity contribution is 5.85. The van der Waals surface area contributed by atoms with Crippen molar-refractivity contribution < 1.29 is 22.6 Å². The quantitative estimate of drug-likeness (QED) is 0.340. The molecule has 9 heteroatoms. The molecule has 0 saturated heterocycles. The Morgan fingerprint density at radius 3 is 2.11 bits per heavy atom. The standard InChI is InChI=1S/C26H26F3N3O2.ClH/c27-26(28,29)34-20-5-3-19(4-6-20)33-24-11-22(21-2-1-7-30-21)32-23(24)15-31-25-12-16-8-17(13-25)10-18(9-16)14-25;/h1-7,11,15-18,30,32H,8-10,12-14H2;1H. The van der Waals surface area contributed by atoms with E-state index in [1.807, 2.05) is 30.6 Å². The molecule has 4 aliphatic rings. The van der Waals surface area contributed by atoms with Crippen molar-refractivity contribution in [2.24, 2.45) is 22.7 Å². The number of nitrogens with zero attached hydrogens (tertiary/aromatic N) is 1. The van der Waals surface area contributed by atoms with Crippen LogP contribution in [0.15, 0.2) is 53.7 Å². The van der Waals surface area contributed by atoms with Gasteiger partial charge in [0.25, 0.3) is 0 Å². The molecule has 4 aliphatic carbocycles. The zero-order valence-electron chi connectivity index (χ0n) is 19.0. The van der Waals surface area contributed by atoms with Gasteiger partial charge in [-0.05, 0) is 92.7 Å². The van der Waals surface area contributed by atoms with Gasteiger partial charge in [0, 0.05) is 18.5 Å². The molecule has 186 valence electrons. The van der Waals surface area contributed by atoms with Crippen LogP contribution in [0, 0.1) is 17.8 Å². The third-order valence-corrected chi connectivity index (χ3v) is 7.46. The number of hydrogen-bond acceptors (Lipinski definition) is 3. The Morgan fingerprint density at radius 1 is 0.914 bits per heavy atom. The van der Waals surface area contributed by atoms with Crippen LogP contribution in [0.3, 0.4) is 0 Å². The lowest BCUT2D eigenvalue weighted by Crippen LogP contribution is -2.49. The Hall–Kier alpha value is -2.87. The van der Waals surface area contributed by atoms with E-state index in [0.29, 0.717) is 11.5 Å². The predicted molar refractivity (Wildman–Crippen MR) is 130 cm³/mol. The molecule has 4 fully saturated rings. The number of halogens is 4. The number of aromatic amines is 2. The van der Waals surface area contributed by atoms with Crippen LogP contribution in [-0.2, 0) is 0 Å². The number of hydrogen-bond donors (Lipinski definition) is 2. The molecule has 0 unspecified atom stereocenters. The molecule has 3 aromatic rings. The lowest BCUT2D eigenvalue weighted by Gasteiger charge is -2.54. The number of nitrogens with one attached hydrogen (secondary N) is 2. The van der Waals surface area contributed by atoms with Gasteiger partial charge in [0.1, 0.15) is 17.2 Å². The smallest absolute Gasteiger partial charge is 0.455 e. The van der Waals surface area contributed by atoms with E-state index in [1.165, 1.54) is 43.5 Å². The number of ether oxygens (including phenoxy) is 2. The summed E-state index contributed by atoms with van der Waals surface area (Å²) in [5.41, 5.74) is 2.54. The van der Waals surface area contributed by atoms with Crippen molar-refractivity contribution in [3.63, 3.8) is 0 Å². The van der Waals surface area contributed by atoms with Crippen LogP contribution in [0.1, 0.15) is 44.2 Å². The Balaban J connectivity index is 0.00000253. The first kappa shape index (κ1) is 23.9.